The van der Waals surface area contributed by atoms with E-state index in [9.17, 15) is 19.5 Å². The summed E-state index contributed by atoms with van der Waals surface area (Å²) in [6.07, 6.45) is 1.97. The van der Waals surface area contributed by atoms with E-state index in [2.05, 4.69) is 0 Å². The third-order valence-corrected chi connectivity index (χ3v) is 12.4. The summed E-state index contributed by atoms with van der Waals surface area (Å²) in [5.74, 6) is -2.03. The van der Waals surface area contributed by atoms with Crippen molar-refractivity contribution in [2.24, 2.45) is 5.73 Å². The molecule has 3 atom stereocenters. The molecule has 3 aromatic carbocycles. The van der Waals surface area contributed by atoms with Crippen molar-refractivity contribution in [2.75, 3.05) is 13.1 Å². The van der Waals surface area contributed by atoms with Gasteiger partial charge in [-0.25, -0.2) is 4.79 Å². The molecule has 2 amide bonds. The van der Waals surface area contributed by atoms with Crippen LogP contribution in [0.1, 0.15) is 42.4 Å². The third kappa shape index (κ3) is 5.79. The highest BCUT2D eigenvalue weighted by atomic mass is 31.2. The van der Waals surface area contributed by atoms with Gasteiger partial charge >= 0.3 is 5.97 Å². The molecule has 3 aromatic rings. The van der Waals surface area contributed by atoms with Crippen LogP contribution < -0.4 is 5.73 Å². The smallest absolute Gasteiger partial charge is 0.337 e. The molecule has 42 heavy (non-hydrogen) atoms. The van der Waals surface area contributed by atoms with Crippen LogP contribution in [-0.2, 0) is 37.7 Å². The van der Waals surface area contributed by atoms with Crippen LogP contribution in [0, 0.1) is 0 Å². The lowest BCUT2D eigenvalue weighted by atomic mass is 10.0. The maximum Gasteiger partial charge on any atom is 0.337 e. The maximum atomic E-state index is 15.3. The zero-order valence-electron chi connectivity index (χ0n) is 23.7. The summed E-state index contributed by atoms with van der Waals surface area (Å²) in [4.78, 5) is 44.0. The Labute approximate surface area is 246 Å². The van der Waals surface area contributed by atoms with Gasteiger partial charge in [0, 0.05) is 25.4 Å². The molecule has 0 bridgehead atoms. The number of nitrogens with zero attached hydrogens (tertiary/aromatic N) is 2. The van der Waals surface area contributed by atoms with Crippen LogP contribution in [0.15, 0.2) is 91.0 Å². The highest BCUT2D eigenvalue weighted by Gasteiger charge is 2.62. The summed E-state index contributed by atoms with van der Waals surface area (Å²) in [5, 5.41) is 9.00. The summed E-state index contributed by atoms with van der Waals surface area (Å²) in [7, 11) is -3.68. The maximum absolute atomic E-state index is 15.3. The minimum atomic E-state index is -3.68. The van der Waals surface area contributed by atoms with E-state index < -0.39 is 36.4 Å². The Hall–Kier alpha value is -3.74. The molecular formula is C33H38N3O5P. The molecule has 2 fully saturated rings. The van der Waals surface area contributed by atoms with Crippen LogP contribution in [0.3, 0.4) is 0 Å². The lowest BCUT2D eigenvalue weighted by Crippen LogP contribution is -2.59. The molecule has 9 heteroatoms. The van der Waals surface area contributed by atoms with Gasteiger partial charge in [-0.05, 0) is 48.8 Å². The van der Waals surface area contributed by atoms with Crippen LogP contribution in [0.4, 0.5) is 0 Å². The van der Waals surface area contributed by atoms with E-state index in [4.69, 9.17) is 5.73 Å². The number of aliphatic carboxylic acids is 1. The molecule has 0 radical (unpaired) electrons. The van der Waals surface area contributed by atoms with Gasteiger partial charge in [-0.15, -0.1) is 0 Å². The molecule has 0 aromatic heterocycles. The number of carbonyl (C=O) groups is 3. The van der Waals surface area contributed by atoms with E-state index >= 15 is 4.57 Å². The quantitative estimate of drug-likeness (QED) is 0.332. The molecule has 8 nitrogen and oxygen atoms in total. The van der Waals surface area contributed by atoms with Crippen LogP contribution in [-0.4, -0.2) is 63.1 Å². The Bertz CT molecular complexity index is 1410. The Morgan fingerprint density at radius 3 is 1.88 bits per heavy atom. The lowest BCUT2D eigenvalue weighted by Gasteiger charge is -2.43. The molecule has 0 spiro atoms. The number of nitrogens with two attached hydrogens (primary N) is 1. The van der Waals surface area contributed by atoms with Gasteiger partial charge in [-0.2, -0.15) is 0 Å². The standard InChI is InChI=1S/C33H38N3O5P/c34-28(22-25-12-4-1-5-13-25)30(37)35-20-10-18-29(35)31(38)36-21-11-19-33(36,32(39)40)42(41,23-26-14-6-2-7-15-26)24-27-16-8-3-9-17-27/h1-9,12-17,28-29H,10-11,18-24,34H2,(H,39,40)/t28-,29-,33+/m0/s1. The molecular weight excluding hydrogens is 549 g/mol. The first-order valence-electron chi connectivity index (χ1n) is 14.6. The molecule has 2 aliphatic heterocycles. The van der Waals surface area contributed by atoms with Gasteiger partial charge < -0.3 is 25.2 Å². The molecule has 220 valence electrons. The number of carboxylic acid groups (broad SMARTS) is 1. The third-order valence-electron chi connectivity index (χ3n) is 8.63. The van der Waals surface area contributed by atoms with E-state index in [0.717, 1.165) is 16.7 Å². The molecule has 3 N–H and O–H groups in total. The van der Waals surface area contributed by atoms with Crippen molar-refractivity contribution in [3.05, 3.63) is 108 Å². The Balaban J connectivity index is 1.47. The topological polar surface area (TPSA) is 121 Å². The van der Waals surface area contributed by atoms with E-state index in [1.54, 1.807) is 0 Å². The highest BCUT2D eigenvalue weighted by Crippen LogP contribution is 2.67. The van der Waals surface area contributed by atoms with E-state index in [1.807, 2.05) is 91.0 Å². The van der Waals surface area contributed by atoms with Crippen molar-refractivity contribution in [3.63, 3.8) is 0 Å². The first kappa shape index (κ1) is 29.7. The van der Waals surface area contributed by atoms with Gasteiger partial charge in [0.2, 0.25) is 11.8 Å². The van der Waals surface area contributed by atoms with Gasteiger partial charge in [-0.1, -0.05) is 91.0 Å². The molecule has 5 rings (SSSR count). The van der Waals surface area contributed by atoms with Crippen molar-refractivity contribution in [3.8, 4) is 0 Å². The molecule has 0 unspecified atom stereocenters. The predicted octanol–water partition coefficient (Wildman–Crippen LogP) is 4.71. The number of hydrogen-bond donors (Lipinski definition) is 2. The van der Waals surface area contributed by atoms with Gasteiger partial charge in [0.1, 0.15) is 13.2 Å². The average molecular weight is 588 g/mol. The number of rotatable bonds is 10. The first-order valence-corrected chi connectivity index (χ1v) is 16.6. The second-order valence-electron chi connectivity index (χ2n) is 11.4. The van der Waals surface area contributed by atoms with Crippen molar-refractivity contribution < 1.29 is 24.1 Å². The number of carboxylic acids is 1. The largest absolute Gasteiger partial charge is 0.479 e. The number of likely N-dealkylation sites (tertiary alicyclic amines) is 2. The predicted molar refractivity (Wildman–Crippen MR) is 162 cm³/mol. The number of amides is 2. The second-order valence-corrected chi connectivity index (χ2v) is 14.5. The van der Waals surface area contributed by atoms with Gasteiger partial charge in [-0.3, -0.25) is 9.59 Å². The van der Waals surface area contributed by atoms with Crippen LogP contribution in [0.2, 0.25) is 0 Å². The van der Waals surface area contributed by atoms with Gasteiger partial charge in [0.25, 0.3) is 0 Å². The van der Waals surface area contributed by atoms with Crippen molar-refractivity contribution in [1.82, 2.24) is 9.80 Å². The van der Waals surface area contributed by atoms with Crippen molar-refractivity contribution in [1.29, 1.82) is 0 Å². The average Bonchev–Trinajstić information content (AvgIpc) is 3.67. The van der Waals surface area contributed by atoms with Crippen molar-refractivity contribution >= 4 is 24.9 Å². The Morgan fingerprint density at radius 1 is 0.833 bits per heavy atom. The molecule has 2 aliphatic rings. The highest BCUT2D eigenvalue weighted by molar-refractivity contribution is 7.65. The first-order chi connectivity index (χ1) is 20.2. The van der Waals surface area contributed by atoms with Gasteiger partial charge in [0.15, 0.2) is 5.28 Å². The second kappa shape index (κ2) is 12.6. The summed E-state index contributed by atoms with van der Waals surface area (Å²) in [5.41, 5.74) is 8.79. The molecule has 0 saturated carbocycles. The SMILES string of the molecule is N[C@@H](Cc1ccccc1)C(=O)N1CCC[C@H]1C(=O)N1CCC[C@]1(C(=O)O)P(=O)(Cc1ccccc1)Cc1ccccc1. The zero-order valence-corrected chi connectivity index (χ0v) is 24.6. The van der Waals surface area contributed by atoms with Crippen molar-refractivity contribution in [2.45, 2.75) is 61.8 Å². The molecule has 2 saturated heterocycles. The van der Waals surface area contributed by atoms with Crippen LogP contribution in [0.25, 0.3) is 0 Å². The summed E-state index contributed by atoms with van der Waals surface area (Å²) >= 11 is 0. The lowest BCUT2D eigenvalue weighted by molar-refractivity contribution is -0.154. The fourth-order valence-electron chi connectivity index (χ4n) is 6.63. The Kier molecular flexibility index (Phi) is 8.95. The zero-order chi connectivity index (χ0) is 29.7. The fraction of sp³-hybridized carbons (Fsp3) is 0.364. The fourth-order valence-corrected chi connectivity index (χ4v) is 10.4. The minimum absolute atomic E-state index is 0.0497. The molecule has 0 aliphatic carbocycles. The van der Waals surface area contributed by atoms with E-state index in [1.165, 1.54) is 9.80 Å². The van der Waals surface area contributed by atoms with E-state index in [0.29, 0.717) is 32.2 Å². The number of benzene rings is 3. The van der Waals surface area contributed by atoms with Gasteiger partial charge in [0.05, 0.1) is 6.04 Å². The monoisotopic (exact) mass is 587 g/mol. The number of carbonyl (C=O) groups excluding carboxylic acids is 2. The Morgan fingerprint density at radius 2 is 1.36 bits per heavy atom. The number of hydrogen-bond acceptors (Lipinski definition) is 5. The summed E-state index contributed by atoms with van der Waals surface area (Å²) in [6, 6.07) is 26.3. The van der Waals surface area contributed by atoms with E-state index in [-0.39, 0.29) is 31.2 Å². The van der Waals surface area contributed by atoms with Crippen LogP contribution >= 0.6 is 7.14 Å². The van der Waals surface area contributed by atoms with Crippen LogP contribution in [0.5, 0.6) is 0 Å². The summed E-state index contributed by atoms with van der Waals surface area (Å²) < 4.78 is 15.3. The summed E-state index contributed by atoms with van der Waals surface area (Å²) in [6.45, 7) is 0.546. The molecule has 2 heterocycles. The minimum Gasteiger partial charge on any atom is -0.479 e. The normalized spacial score (nSPS) is 21.3.